The Morgan fingerprint density at radius 2 is 2.00 bits per heavy atom. The van der Waals surface area contributed by atoms with Crippen LogP contribution in [0, 0.1) is 0 Å². The Kier molecular flexibility index (Phi) is 2.96. The highest BCUT2D eigenvalue weighted by molar-refractivity contribution is 7.15. The van der Waals surface area contributed by atoms with Crippen molar-refractivity contribution in [3.05, 3.63) is 28.6 Å². The molecular formula is C16H18N4S. The number of H-pyrrole nitrogens is 1. The van der Waals surface area contributed by atoms with Gasteiger partial charge < -0.3 is 9.88 Å². The summed E-state index contributed by atoms with van der Waals surface area (Å²) in [6, 6.07) is 6.38. The summed E-state index contributed by atoms with van der Waals surface area (Å²) >= 11 is 1.88. The Labute approximate surface area is 127 Å². The van der Waals surface area contributed by atoms with E-state index in [9.17, 15) is 0 Å². The molecule has 3 aromatic heterocycles. The molecule has 0 saturated carbocycles. The van der Waals surface area contributed by atoms with Crippen LogP contribution in [0.15, 0.2) is 18.2 Å². The minimum absolute atomic E-state index is 0.794. The van der Waals surface area contributed by atoms with Crippen molar-refractivity contribution in [2.45, 2.75) is 25.7 Å². The van der Waals surface area contributed by atoms with Crippen LogP contribution < -0.4 is 4.90 Å². The monoisotopic (exact) mass is 298 g/mol. The minimum atomic E-state index is 0.794. The van der Waals surface area contributed by atoms with Gasteiger partial charge in [-0.05, 0) is 49.4 Å². The van der Waals surface area contributed by atoms with E-state index < -0.39 is 0 Å². The molecule has 0 bridgehead atoms. The minimum Gasteiger partial charge on any atom is -0.363 e. The quantitative estimate of drug-likeness (QED) is 0.785. The van der Waals surface area contributed by atoms with Crippen molar-refractivity contribution in [2.24, 2.45) is 0 Å². The van der Waals surface area contributed by atoms with E-state index in [1.165, 1.54) is 36.1 Å². The molecule has 0 saturated heterocycles. The summed E-state index contributed by atoms with van der Waals surface area (Å²) in [7, 11) is 3.99. The maximum atomic E-state index is 4.69. The van der Waals surface area contributed by atoms with E-state index in [1.54, 1.807) is 4.88 Å². The first-order valence-electron chi connectivity index (χ1n) is 7.37. The number of hydrogen-bond donors (Lipinski definition) is 1. The van der Waals surface area contributed by atoms with Gasteiger partial charge in [-0.2, -0.15) is 0 Å². The maximum absolute atomic E-state index is 4.69. The summed E-state index contributed by atoms with van der Waals surface area (Å²) in [5.74, 6) is 1.89. The molecule has 0 fully saturated rings. The number of nitrogens with zero attached hydrogens (tertiary/aromatic N) is 3. The van der Waals surface area contributed by atoms with E-state index in [1.807, 2.05) is 36.4 Å². The number of aryl methyl sites for hydroxylation is 2. The van der Waals surface area contributed by atoms with Gasteiger partial charge in [0.15, 0.2) is 11.5 Å². The van der Waals surface area contributed by atoms with Gasteiger partial charge in [0.25, 0.3) is 0 Å². The fourth-order valence-electron chi connectivity index (χ4n) is 2.86. The van der Waals surface area contributed by atoms with Crippen LogP contribution in [-0.4, -0.2) is 29.0 Å². The topological polar surface area (TPSA) is 44.8 Å². The highest BCUT2D eigenvalue weighted by Crippen LogP contribution is 2.35. The SMILES string of the molecule is CN(C)c1ccc2[nH]c(-c3cc4c(s3)CCCC4)nc2n1. The molecule has 0 aliphatic heterocycles. The summed E-state index contributed by atoms with van der Waals surface area (Å²) in [5, 5.41) is 0. The molecule has 3 aromatic rings. The molecule has 1 aliphatic carbocycles. The number of hydrogen-bond acceptors (Lipinski definition) is 4. The average Bonchev–Trinajstić information content (AvgIpc) is 3.09. The van der Waals surface area contributed by atoms with Crippen molar-refractivity contribution in [3.8, 4) is 10.7 Å². The summed E-state index contributed by atoms with van der Waals surface area (Å²) < 4.78 is 0. The van der Waals surface area contributed by atoms with Gasteiger partial charge in [0.1, 0.15) is 5.82 Å². The highest BCUT2D eigenvalue weighted by Gasteiger charge is 2.16. The molecule has 21 heavy (non-hydrogen) atoms. The number of thiophene rings is 1. The lowest BCUT2D eigenvalue weighted by molar-refractivity contribution is 0.697. The normalized spacial score (nSPS) is 14.4. The summed E-state index contributed by atoms with van der Waals surface area (Å²) in [6.07, 6.45) is 5.08. The molecule has 108 valence electrons. The first kappa shape index (κ1) is 12.8. The summed E-state index contributed by atoms with van der Waals surface area (Å²) in [4.78, 5) is 17.5. The molecule has 0 spiro atoms. The van der Waals surface area contributed by atoms with Crippen molar-refractivity contribution < 1.29 is 0 Å². The Bertz CT molecular complexity index is 776. The average molecular weight is 298 g/mol. The van der Waals surface area contributed by atoms with Crippen LogP contribution in [0.4, 0.5) is 5.82 Å². The molecule has 1 aliphatic rings. The Morgan fingerprint density at radius 1 is 1.14 bits per heavy atom. The zero-order valence-corrected chi connectivity index (χ0v) is 13.1. The third-order valence-corrected chi connectivity index (χ3v) is 5.26. The van der Waals surface area contributed by atoms with Crippen molar-refractivity contribution >= 4 is 28.3 Å². The largest absolute Gasteiger partial charge is 0.363 e. The van der Waals surface area contributed by atoms with Crippen LogP contribution in [0.25, 0.3) is 21.9 Å². The van der Waals surface area contributed by atoms with Gasteiger partial charge in [-0.15, -0.1) is 11.3 Å². The molecule has 0 atom stereocenters. The molecular weight excluding hydrogens is 280 g/mol. The standard InChI is InChI=1S/C16H18N4S/c1-20(2)14-8-7-11-15(18-14)19-16(17-11)13-9-10-5-3-4-6-12(10)21-13/h7-9H,3-6H2,1-2H3,(H,17,18,19). The molecule has 0 radical (unpaired) electrons. The lowest BCUT2D eigenvalue weighted by atomic mass is 9.99. The molecule has 0 aromatic carbocycles. The van der Waals surface area contributed by atoms with Gasteiger partial charge >= 0.3 is 0 Å². The van der Waals surface area contributed by atoms with Crippen molar-refractivity contribution in [3.63, 3.8) is 0 Å². The smallest absolute Gasteiger partial charge is 0.180 e. The number of aromatic amines is 1. The zero-order chi connectivity index (χ0) is 14.4. The third-order valence-electron chi connectivity index (χ3n) is 4.02. The number of anilines is 1. The van der Waals surface area contributed by atoms with Gasteiger partial charge in [-0.3, -0.25) is 0 Å². The maximum Gasteiger partial charge on any atom is 0.180 e. The van der Waals surface area contributed by atoms with Crippen LogP contribution >= 0.6 is 11.3 Å². The predicted octanol–water partition coefficient (Wildman–Crippen LogP) is 3.63. The second kappa shape index (κ2) is 4.84. The van der Waals surface area contributed by atoms with E-state index in [0.717, 1.165) is 22.8 Å². The lowest BCUT2D eigenvalue weighted by Crippen LogP contribution is -2.10. The second-order valence-electron chi connectivity index (χ2n) is 5.79. The van der Waals surface area contributed by atoms with Crippen LogP contribution in [0.1, 0.15) is 23.3 Å². The lowest BCUT2D eigenvalue weighted by Gasteiger charge is -2.09. The van der Waals surface area contributed by atoms with Crippen molar-refractivity contribution in [1.29, 1.82) is 0 Å². The highest BCUT2D eigenvalue weighted by atomic mass is 32.1. The van der Waals surface area contributed by atoms with E-state index in [2.05, 4.69) is 27.1 Å². The Hall–Kier alpha value is -1.88. The van der Waals surface area contributed by atoms with Gasteiger partial charge in [-0.1, -0.05) is 0 Å². The van der Waals surface area contributed by atoms with E-state index >= 15 is 0 Å². The van der Waals surface area contributed by atoms with Crippen LogP contribution in [0.2, 0.25) is 0 Å². The van der Waals surface area contributed by atoms with E-state index in [-0.39, 0.29) is 0 Å². The van der Waals surface area contributed by atoms with E-state index in [0.29, 0.717) is 0 Å². The number of aromatic nitrogens is 3. The molecule has 0 amide bonds. The third kappa shape index (κ3) is 2.21. The van der Waals surface area contributed by atoms with Gasteiger partial charge in [-0.25, -0.2) is 9.97 Å². The summed E-state index contributed by atoms with van der Waals surface area (Å²) in [5.41, 5.74) is 3.31. The molecule has 4 nitrogen and oxygen atoms in total. The van der Waals surface area contributed by atoms with Crippen molar-refractivity contribution in [2.75, 3.05) is 19.0 Å². The summed E-state index contributed by atoms with van der Waals surface area (Å²) in [6.45, 7) is 0. The molecule has 5 heteroatoms. The molecule has 0 unspecified atom stereocenters. The fourth-order valence-corrected chi connectivity index (χ4v) is 4.05. The van der Waals surface area contributed by atoms with Crippen LogP contribution in [0.5, 0.6) is 0 Å². The van der Waals surface area contributed by atoms with Crippen molar-refractivity contribution in [1.82, 2.24) is 15.0 Å². The predicted molar refractivity (Wildman–Crippen MR) is 88.2 cm³/mol. The zero-order valence-electron chi connectivity index (χ0n) is 12.3. The number of imidazole rings is 1. The number of pyridine rings is 1. The van der Waals surface area contributed by atoms with Gasteiger partial charge in [0.2, 0.25) is 0 Å². The molecule has 3 heterocycles. The molecule has 1 N–H and O–H groups in total. The first-order chi connectivity index (χ1) is 10.2. The number of nitrogens with one attached hydrogen (secondary N) is 1. The van der Waals surface area contributed by atoms with E-state index in [4.69, 9.17) is 0 Å². The fraction of sp³-hybridized carbons (Fsp3) is 0.375. The molecule has 4 rings (SSSR count). The van der Waals surface area contributed by atoms with Gasteiger partial charge in [0.05, 0.1) is 10.4 Å². The first-order valence-corrected chi connectivity index (χ1v) is 8.18. The number of rotatable bonds is 2. The second-order valence-corrected chi connectivity index (χ2v) is 6.92. The van der Waals surface area contributed by atoms with Crippen LogP contribution in [-0.2, 0) is 12.8 Å². The number of fused-ring (bicyclic) bond motifs is 2. The van der Waals surface area contributed by atoms with Crippen LogP contribution in [0.3, 0.4) is 0 Å². The Morgan fingerprint density at radius 3 is 2.81 bits per heavy atom. The Balaban J connectivity index is 1.77. The van der Waals surface area contributed by atoms with Gasteiger partial charge in [0, 0.05) is 19.0 Å².